The van der Waals surface area contributed by atoms with Crippen molar-refractivity contribution >= 4 is 21.9 Å². The Bertz CT molecular complexity index is 1150. The lowest BCUT2D eigenvalue weighted by atomic mass is 10.1. The van der Waals surface area contributed by atoms with Crippen molar-refractivity contribution < 1.29 is 27.1 Å². The number of nitrogens with zero attached hydrogens (tertiary/aromatic N) is 3. The lowest BCUT2D eigenvalue weighted by Gasteiger charge is -2.21. The summed E-state index contributed by atoms with van der Waals surface area (Å²) in [7, 11) is -0.773. The number of carbonyl (C=O) groups excluding carboxylic acids is 1. The maximum Gasteiger partial charge on any atom is 0.322 e. The van der Waals surface area contributed by atoms with E-state index in [1.54, 1.807) is 0 Å². The van der Waals surface area contributed by atoms with Crippen LogP contribution in [0.1, 0.15) is 15.9 Å². The second-order valence-electron chi connectivity index (χ2n) is 7.15. The summed E-state index contributed by atoms with van der Waals surface area (Å²) in [5.41, 5.74) is 2.07. The molecule has 3 rings (SSSR count). The molecule has 11 heteroatoms. The second kappa shape index (κ2) is 11.1. The van der Waals surface area contributed by atoms with E-state index in [1.807, 2.05) is 31.2 Å². The van der Waals surface area contributed by atoms with Crippen molar-refractivity contribution in [1.29, 1.82) is 0 Å². The Morgan fingerprint density at radius 1 is 0.970 bits per heavy atom. The third-order valence-corrected chi connectivity index (χ3v) is 6.70. The smallest absolute Gasteiger partial charge is 0.322 e. The molecule has 1 heterocycles. The molecule has 0 unspecified atom stereocenters. The van der Waals surface area contributed by atoms with Gasteiger partial charge >= 0.3 is 6.01 Å². The van der Waals surface area contributed by atoms with Gasteiger partial charge in [-0.25, -0.2) is 8.42 Å². The van der Waals surface area contributed by atoms with Crippen LogP contribution < -0.4 is 5.32 Å². The standard InChI is InChI=1S/C22H26N4O6S/c1-16-4-6-18(7-5-16)21-24-25-22(32-21)23-20(27)17-8-10-19(11-9-17)33(28,29)26(12-14-30-2)13-15-31-3/h4-11H,12-15H2,1-3H3,(H,23,25,27). The SMILES string of the molecule is COCCN(CCOC)S(=O)(=O)c1ccc(C(=O)Nc2nnc(-c3ccc(C)cc3)o2)cc1. The summed E-state index contributed by atoms with van der Waals surface area (Å²) in [4.78, 5) is 12.6. The molecule has 0 spiro atoms. The minimum atomic E-state index is -3.78. The summed E-state index contributed by atoms with van der Waals surface area (Å²) in [6.45, 7) is 2.84. The number of methoxy groups -OCH3 is 2. The van der Waals surface area contributed by atoms with E-state index in [0.29, 0.717) is 0 Å². The van der Waals surface area contributed by atoms with Crippen LogP contribution in [0, 0.1) is 6.92 Å². The average Bonchev–Trinajstić information content (AvgIpc) is 3.28. The number of carbonyl (C=O) groups is 1. The fourth-order valence-corrected chi connectivity index (χ4v) is 4.33. The van der Waals surface area contributed by atoms with Gasteiger partial charge in [0.1, 0.15) is 0 Å². The molecule has 0 saturated carbocycles. The van der Waals surface area contributed by atoms with Gasteiger partial charge in [-0.2, -0.15) is 4.31 Å². The van der Waals surface area contributed by atoms with Crippen molar-refractivity contribution in [3.8, 4) is 11.5 Å². The summed E-state index contributed by atoms with van der Waals surface area (Å²) in [6, 6.07) is 13.1. The van der Waals surface area contributed by atoms with Gasteiger partial charge in [0.25, 0.3) is 5.91 Å². The van der Waals surface area contributed by atoms with Gasteiger partial charge < -0.3 is 13.9 Å². The van der Waals surface area contributed by atoms with Crippen LogP contribution in [0.4, 0.5) is 6.01 Å². The fraction of sp³-hybridized carbons (Fsp3) is 0.318. The first-order valence-electron chi connectivity index (χ1n) is 10.1. The molecule has 0 aliphatic rings. The second-order valence-corrected chi connectivity index (χ2v) is 9.08. The molecule has 176 valence electrons. The van der Waals surface area contributed by atoms with Gasteiger partial charge in [-0.15, -0.1) is 5.10 Å². The number of anilines is 1. The van der Waals surface area contributed by atoms with Crippen molar-refractivity contribution in [2.45, 2.75) is 11.8 Å². The highest BCUT2D eigenvalue weighted by atomic mass is 32.2. The molecule has 10 nitrogen and oxygen atoms in total. The highest BCUT2D eigenvalue weighted by molar-refractivity contribution is 7.89. The van der Waals surface area contributed by atoms with E-state index in [9.17, 15) is 13.2 Å². The molecule has 3 aromatic rings. The number of rotatable bonds is 11. The van der Waals surface area contributed by atoms with Crippen LogP contribution in [-0.2, 0) is 19.5 Å². The fourth-order valence-electron chi connectivity index (χ4n) is 2.92. The molecule has 0 bridgehead atoms. The van der Waals surface area contributed by atoms with Crippen molar-refractivity contribution in [3.05, 3.63) is 59.7 Å². The van der Waals surface area contributed by atoms with E-state index >= 15 is 0 Å². The largest absolute Gasteiger partial charge is 0.403 e. The first-order valence-corrected chi connectivity index (χ1v) is 11.6. The Morgan fingerprint density at radius 2 is 1.58 bits per heavy atom. The van der Waals surface area contributed by atoms with Crippen LogP contribution in [0.25, 0.3) is 11.5 Å². The molecular weight excluding hydrogens is 448 g/mol. The third kappa shape index (κ3) is 6.23. The van der Waals surface area contributed by atoms with E-state index in [-0.39, 0.29) is 48.7 Å². The van der Waals surface area contributed by atoms with Crippen LogP contribution in [0.5, 0.6) is 0 Å². The Hall–Kier alpha value is -3.12. The topological polar surface area (TPSA) is 124 Å². The molecule has 1 aromatic heterocycles. The van der Waals surface area contributed by atoms with Crippen molar-refractivity contribution in [1.82, 2.24) is 14.5 Å². The van der Waals surface area contributed by atoms with Crippen LogP contribution >= 0.6 is 0 Å². The third-order valence-electron chi connectivity index (χ3n) is 4.79. The number of hydrogen-bond donors (Lipinski definition) is 1. The number of benzene rings is 2. The highest BCUT2D eigenvalue weighted by Crippen LogP contribution is 2.21. The van der Waals surface area contributed by atoms with Gasteiger partial charge in [0.15, 0.2) is 0 Å². The zero-order chi connectivity index (χ0) is 23.8. The lowest BCUT2D eigenvalue weighted by Crippen LogP contribution is -2.36. The molecule has 1 amide bonds. The number of aromatic nitrogens is 2. The molecule has 0 fully saturated rings. The van der Waals surface area contributed by atoms with Gasteiger partial charge in [-0.1, -0.05) is 22.8 Å². The number of hydrogen-bond acceptors (Lipinski definition) is 8. The van der Waals surface area contributed by atoms with Gasteiger partial charge in [0, 0.05) is 38.4 Å². The van der Waals surface area contributed by atoms with E-state index in [2.05, 4.69) is 15.5 Å². The van der Waals surface area contributed by atoms with Crippen LogP contribution in [0.3, 0.4) is 0 Å². The number of amides is 1. The molecule has 33 heavy (non-hydrogen) atoms. The number of nitrogens with one attached hydrogen (secondary N) is 1. The predicted octanol–water partition coefficient (Wildman–Crippen LogP) is 2.58. The number of sulfonamides is 1. The molecule has 1 N–H and O–H groups in total. The van der Waals surface area contributed by atoms with Crippen LogP contribution in [0.15, 0.2) is 57.8 Å². The Morgan fingerprint density at radius 3 is 2.15 bits per heavy atom. The van der Waals surface area contributed by atoms with Gasteiger partial charge in [0.2, 0.25) is 15.9 Å². The summed E-state index contributed by atoms with van der Waals surface area (Å²) in [5.74, 6) is -0.229. The van der Waals surface area contributed by atoms with Crippen molar-refractivity contribution in [2.75, 3.05) is 45.8 Å². The molecule has 0 saturated heterocycles. The Balaban J connectivity index is 1.70. The Kier molecular flexibility index (Phi) is 8.28. The Labute approximate surface area is 192 Å². The molecule has 0 aliphatic carbocycles. The first-order chi connectivity index (χ1) is 15.8. The first kappa shape index (κ1) is 24.5. The van der Waals surface area contributed by atoms with Gasteiger partial charge in [-0.3, -0.25) is 10.1 Å². The van der Waals surface area contributed by atoms with Crippen LogP contribution in [-0.4, -0.2) is 69.4 Å². The van der Waals surface area contributed by atoms with Gasteiger partial charge in [0.05, 0.1) is 18.1 Å². The molecular formula is C22H26N4O6S. The van der Waals surface area contributed by atoms with Crippen molar-refractivity contribution in [3.63, 3.8) is 0 Å². The van der Waals surface area contributed by atoms with E-state index in [0.717, 1.165) is 11.1 Å². The van der Waals surface area contributed by atoms with E-state index in [1.165, 1.54) is 42.8 Å². The minimum absolute atomic E-state index is 0.0578. The lowest BCUT2D eigenvalue weighted by molar-refractivity contribution is 0.102. The molecule has 0 atom stereocenters. The predicted molar refractivity (Wildman–Crippen MR) is 121 cm³/mol. The molecule has 2 aromatic carbocycles. The van der Waals surface area contributed by atoms with Crippen LogP contribution in [0.2, 0.25) is 0 Å². The normalized spacial score (nSPS) is 11.6. The number of aryl methyl sites for hydroxylation is 1. The monoisotopic (exact) mass is 474 g/mol. The zero-order valence-corrected chi connectivity index (χ0v) is 19.5. The average molecular weight is 475 g/mol. The maximum atomic E-state index is 13.0. The summed E-state index contributed by atoms with van der Waals surface area (Å²) >= 11 is 0. The summed E-state index contributed by atoms with van der Waals surface area (Å²) < 4.78 is 42.7. The maximum absolute atomic E-state index is 13.0. The van der Waals surface area contributed by atoms with Gasteiger partial charge in [-0.05, 0) is 43.3 Å². The summed E-state index contributed by atoms with van der Waals surface area (Å²) in [6.07, 6.45) is 0. The molecule has 0 aliphatic heterocycles. The van der Waals surface area contributed by atoms with Crippen molar-refractivity contribution in [2.24, 2.45) is 0 Å². The highest BCUT2D eigenvalue weighted by Gasteiger charge is 2.24. The quantitative estimate of drug-likeness (QED) is 0.450. The summed E-state index contributed by atoms with van der Waals surface area (Å²) in [5, 5.41) is 10.3. The minimum Gasteiger partial charge on any atom is -0.403 e. The molecule has 0 radical (unpaired) electrons. The number of ether oxygens (including phenoxy) is 2. The van der Waals surface area contributed by atoms with E-state index in [4.69, 9.17) is 13.9 Å². The van der Waals surface area contributed by atoms with E-state index < -0.39 is 15.9 Å². The zero-order valence-electron chi connectivity index (χ0n) is 18.6.